The average molecular weight is 273 g/mol. The van der Waals surface area contributed by atoms with E-state index >= 15 is 0 Å². The van der Waals surface area contributed by atoms with Crippen molar-refractivity contribution in [2.45, 2.75) is 24.8 Å². The van der Waals surface area contributed by atoms with Gasteiger partial charge in [-0.1, -0.05) is 6.92 Å². The number of rotatable bonds is 6. The first-order chi connectivity index (χ1) is 8.43. The first-order valence-electron chi connectivity index (χ1n) is 5.73. The number of phenols is 1. The SMILES string of the molecule is CCN(C(C)COC)S(=O)(=O)c1ccc(O)cc1. The molecule has 0 aliphatic rings. The number of nitrogens with zero attached hydrogens (tertiary/aromatic N) is 1. The summed E-state index contributed by atoms with van der Waals surface area (Å²) in [6, 6.07) is 5.28. The van der Waals surface area contributed by atoms with Gasteiger partial charge in [-0.15, -0.1) is 0 Å². The van der Waals surface area contributed by atoms with Crippen molar-refractivity contribution in [2.75, 3.05) is 20.3 Å². The van der Waals surface area contributed by atoms with Gasteiger partial charge >= 0.3 is 0 Å². The van der Waals surface area contributed by atoms with Crippen molar-refractivity contribution in [1.82, 2.24) is 4.31 Å². The van der Waals surface area contributed by atoms with Crippen molar-refractivity contribution in [2.24, 2.45) is 0 Å². The van der Waals surface area contributed by atoms with Gasteiger partial charge in [0, 0.05) is 19.7 Å². The molecule has 1 rings (SSSR count). The molecule has 6 heteroatoms. The molecular weight excluding hydrogens is 254 g/mol. The molecule has 0 aromatic heterocycles. The summed E-state index contributed by atoms with van der Waals surface area (Å²) in [5.41, 5.74) is 0. The lowest BCUT2D eigenvalue weighted by Crippen LogP contribution is -2.40. The smallest absolute Gasteiger partial charge is 0.243 e. The van der Waals surface area contributed by atoms with Gasteiger partial charge in [-0.2, -0.15) is 4.31 Å². The zero-order valence-corrected chi connectivity index (χ0v) is 11.6. The Bertz CT molecular complexity index is 469. The topological polar surface area (TPSA) is 66.8 Å². The molecule has 0 aliphatic heterocycles. The van der Waals surface area contributed by atoms with Gasteiger partial charge in [0.05, 0.1) is 11.5 Å². The van der Waals surface area contributed by atoms with Gasteiger partial charge in [0.15, 0.2) is 0 Å². The molecule has 1 aromatic carbocycles. The van der Waals surface area contributed by atoms with Gasteiger partial charge in [-0.25, -0.2) is 8.42 Å². The van der Waals surface area contributed by atoms with E-state index in [0.717, 1.165) is 0 Å². The van der Waals surface area contributed by atoms with E-state index in [1.54, 1.807) is 13.8 Å². The minimum Gasteiger partial charge on any atom is -0.508 e. The summed E-state index contributed by atoms with van der Waals surface area (Å²) in [6.45, 7) is 4.29. The van der Waals surface area contributed by atoms with Gasteiger partial charge in [0.25, 0.3) is 0 Å². The van der Waals surface area contributed by atoms with Crippen molar-refractivity contribution in [3.8, 4) is 5.75 Å². The van der Waals surface area contributed by atoms with Gasteiger partial charge in [-0.3, -0.25) is 0 Å². The third-order valence-corrected chi connectivity index (χ3v) is 4.76. The molecule has 102 valence electrons. The van der Waals surface area contributed by atoms with Crippen molar-refractivity contribution in [1.29, 1.82) is 0 Å². The maximum atomic E-state index is 12.4. The lowest BCUT2D eigenvalue weighted by molar-refractivity contribution is 0.142. The van der Waals surface area contributed by atoms with Gasteiger partial charge < -0.3 is 9.84 Å². The Hall–Kier alpha value is -1.11. The normalized spacial score (nSPS) is 13.8. The minimum absolute atomic E-state index is 0.0435. The number of benzene rings is 1. The lowest BCUT2D eigenvalue weighted by Gasteiger charge is -2.26. The van der Waals surface area contributed by atoms with Crippen molar-refractivity contribution < 1.29 is 18.3 Å². The van der Waals surface area contributed by atoms with Crippen LogP contribution < -0.4 is 0 Å². The fourth-order valence-electron chi connectivity index (χ4n) is 1.80. The standard InChI is InChI=1S/C12H19NO4S/c1-4-13(10(2)9-17-3)18(15,16)12-7-5-11(14)6-8-12/h5-8,10,14H,4,9H2,1-3H3. The van der Waals surface area contributed by atoms with Crippen molar-refractivity contribution in [3.63, 3.8) is 0 Å². The minimum atomic E-state index is -3.55. The number of methoxy groups -OCH3 is 1. The van der Waals surface area contributed by atoms with Crippen LogP contribution in [-0.2, 0) is 14.8 Å². The summed E-state index contributed by atoms with van der Waals surface area (Å²) in [5, 5.41) is 9.18. The summed E-state index contributed by atoms with van der Waals surface area (Å²) in [6.07, 6.45) is 0. The number of hydrogen-bond donors (Lipinski definition) is 1. The molecule has 0 saturated heterocycles. The third-order valence-electron chi connectivity index (χ3n) is 2.65. The second-order valence-corrected chi connectivity index (χ2v) is 5.90. The van der Waals surface area contributed by atoms with Gasteiger partial charge in [-0.05, 0) is 31.2 Å². The molecule has 5 nitrogen and oxygen atoms in total. The maximum absolute atomic E-state index is 12.4. The summed E-state index contributed by atoms with van der Waals surface area (Å²) in [4.78, 5) is 0.171. The van der Waals surface area contributed by atoms with E-state index in [1.807, 2.05) is 0 Å². The highest BCUT2D eigenvalue weighted by Crippen LogP contribution is 2.20. The van der Waals surface area contributed by atoms with Crippen molar-refractivity contribution >= 4 is 10.0 Å². The average Bonchev–Trinajstić information content (AvgIpc) is 2.30. The Morgan fingerprint density at radius 3 is 2.33 bits per heavy atom. The number of hydrogen-bond acceptors (Lipinski definition) is 4. The third kappa shape index (κ3) is 3.22. The summed E-state index contributed by atoms with van der Waals surface area (Å²) >= 11 is 0. The summed E-state index contributed by atoms with van der Waals surface area (Å²) in [5.74, 6) is 0.0435. The van der Waals surface area contributed by atoms with E-state index in [2.05, 4.69) is 0 Å². The molecule has 0 radical (unpaired) electrons. The van der Waals surface area contributed by atoms with Crippen molar-refractivity contribution in [3.05, 3.63) is 24.3 Å². The largest absolute Gasteiger partial charge is 0.508 e. The van der Waals surface area contributed by atoms with Crippen LogP contribution in [0.2, 0.25) is 0 Å². The van der Waals surface area contributed by atoms with E-state index < -0.39 is 10.0 Å². The number of ether oxygens (including phenoxy) is 1. The Morgan fingerprint density at radius 2 is 1.89 bits per heavy atom. The Labute approximate surface area is 108 Å². The zero-order valence-electron chi connectivity index (χ0n) is 10.8. The molecule has 0 bridgehead atoms. The highest BCUT2D eigenvalue weighted by molar-refractivity contribution is 7.89. The van der Waals surface area contributed by atoms with E-state index in [9.17, 15) is 13.5 Å². The predicted molar refractivity (Wildman–Crippen MR) is 69.0 cm³/mol. The van der Waals surface area contributed by atoms with E-state index in [0.29, 0.717) is 13.2 Å². The monoisotopic (exact) mass is 273 g/mol. The fourth-order valence-corrected chi connectivity index (χ4v) is 3.42. The number of phenolic OH excluding ortho intramolecular Hbond substituents is 1. The summed E-state index contributed by atoms with van der Waals surface area (Å²) < 4.78 is 31.1. The highest BCUT2D eigenvalue weighted by Gasteiger charge is 2.27. The van der Waals surface area contributed by atoms with Gasteiger partial charge in [0.2, 0.25) is 10.0 Å². The molecule has 1 N–H and O–H groups in total. The number of sulfonamides is 1. The Morgan fingerprint density at radius 1 is 1.33 bits per heavy atom. The molecule has 1 atom stereocenters. The zero-order chi connectivity index (χ0) is 13.8. The van der Waals surface area contributed by atoms with Crippen LogP contribution in [0.25, 0.3) is 0 Å². The molecule has 0 saturated carbocycles. The van der Waals surface area contributed by atoms with Crippen LogP contribution in [-0.4, -0.2) is 44.1 Å². The van der Waals surface area contributed by atoms with Crippen LogP contribution >= 0.6 is 0 Å². The quantitative estimate of drug-likeness (QED) is 0.851. The molecule has 1 unspecified atom stereocenters. The molecule has 0 spiro atoms. The molecule has 1 aromatic rings. The van der Waals surface area contributed by atoms with Crippen LogP contribution in [0.15, 0.2) is 29.2 Å². The van der Waals surface area contributed by atoms with E-state index in [-0.39, 0.29) is 16.7 Å². The molecule has 0 aliphatic carbocycles. The van der Waals surface area contributed by atoms with E-state index in [4.69, 9.17) is 4.74 Å². The predicted octanol–water partition coefficient (Wildman–Crippen LogP) is 1.44. The van der Waals surface area contributed by atoms with Crippen LogP contribution in [0, 0.1) is 0 Å². The van der Waals surface area contributed by atoms with E-state index in [1.165, 1.54) is 35.7 Å². The van der Waals surface area contributed by atoms with Crippen LogP contribution in [0.5, 0.6) is 5.75 Å². The summed E-state index contributed by atoms with van der Waals surface area (Å²) in [7, 11) is -2.01. The first-order valence-corrected chi connectivity index (χ1v) is 7.17. The second kappa shape index (κ2) is 6.17. The molecular formula is C12H19NO4S. The van der Waals surface area contributed by atoms with Gasteiger partial charge in [0.1, 0.15) is 5.75 Å². The highest BCUT2D eigenvalue weighted by atomic mass is 32.2. The maximum Gasteiger partial charge on any atom is 0.243 e. The lowest BCUT2D eigenvalue weighted by atomic mass is 10.3. The second-order valence-electron chi connectivity index (χ2n) is 4.01. The Kier molecular flexibility index (Phi) is 5.13. The van der Waals surface area contributed by atoms with Crippen LogP contribution in [0.1, 0.15) is 13.8 Å². The van der Waals surface area contributed by atoms with Crippen LogP contribution in [0.3, 0.4) is 0 Å². The van der Waals surface area contributed by atoms with Crippen LogP contribution in [0.4, 0.5) is 0 Å². The number of likely N-dealkylation sites (N-methyl/N-ethyl adjacent to an activating group) is 1. The Balaban J connectivity index is 3.06. The molecule has 0 fully saturated rings. The number of aromatic hydroxyl groups is 1. The fraction of sp³-hybridized carbons (Fsp3) is 0.500. The first kappa shape index (κ1) is 14.9. The molecule has 0 amide bonds. The molecule has 0 heterocycles. The molecule has 18 heavy (non-hydrogen) atoms.